The normalized spacial score (nSPS) is 11.0. The molecule has 0 saturated heterocycles. The number of benzene rings is 1. The van der Waals surface area contributed by atoms with Gasteiger partial charge >= 0.3 is 0 Å². The first kappa shape index (κ1) is 18.0. The Balaban J connectivity index is 2.41. The summed E-state index contributed by atoms with van der Waals surface area (Å²) in [4.78, 5) is 0. The summed E-state index contributed by atoms with van der Waals surface area (Å²) in [6, 6.07) is 9.03. The van der Waals surface area contributed by atoms with Crippen LogP contribution >= 0.6 is 0 Å². The molecule has 0 aliphatic rings. The van der Waals surface area contributed by atoms with Gasteiger partial charge in [-0.05, 0) is 30.5 Å². The van der Waals surface area contributed by atoms with Gasteiger partial charge in [-0.2, -0.15) is 0 Å². The summed E-state index contributed by atoms with van der Waals surface area (Å²) >= 11 is 0. The zero-order chi connectivity index (χ0) is 15.3. The molecule has 0 spiro atoms. The molecule has 2 nitrogen and oxygen atoms in total. The Hall–Kier alpha value is -1.02. The van der Waals surface area contributed by atoms with Crippen LogP contribution in [-0.2, 0) is 6.54 Å². The average molecular weight is 291 g/mol. The zero-order valence-corrected chi connectivity index (χ0v) is 14.2. The molecule has 0 atom stereocenters. The summed E-state index contributed by atoms with van der Waals surface area (Å²) in [5.74, 6) is 0.947. The molecule has 2 heteroatoms. The van der Waals surface area contributed by atoms with Crippen LogP contribution in [0.1, 0.15) is 70.8 Å². The Bertz CT molecular complexity index is 354. The first-order chi connectivity index (χ1) is 10.3. The lowest BCUT2D eigenvalue weighted by atomic mass is 10.0. The van der Waals surface area contributed by atoms with Crippen LogP contribution in [-0.4, -0.2) is 13.2 Å². The lowest BCUT2D eigenvalue weighted by molar-refractivity contribution is 0.409. The van der Waals surface area contributed by atoms with Crippen molar-refractivity contribution >= 4 is 0 Å². The first-order valence-electron chi connectivity index (χ1n) is 8.66. The van der Waals surface area contributed by atoms with Crippen LogP contribution in [0, 0.1) is 0 Å². The first-order valence-corrected chi connectivity index (χ1v) is 8.66. The Kier molecular flexibility index (Phi) is 9.98. The fourth-order valence-electron chi connectivity index (χ4n) is 2.67. The second-order valence-electron chi connectivity index (χ2n) is 5.92. The summed E-state index contributed by atoms with van der Waals surface area (Å²) in [7, 11) is 1.73. The van der Waals surface area contributed by atoms with Crippen molar-refractivity contribution in [2.75, 3.05) is 7.11 Å². The van der Waals surface area contributed by atoms with Gasteiger partial charge in [0.2, 0.25) is 0 Å². The van der Waals surface area contributed by atoms with Crippen LogP contribution < -0.4 is 10.1 Å². The van der Waals surface area contributed by atoms with Gasteiger partial charge in [0.05, 0.1) is 7.11 Å². The molecule has 0 saturated carbocycles. The molecule has 0 aliphatic heterocycles. The maximum atomic E-state index is 5.29. The van der Waals surface area contributed by atoms with E-state index in [2.05, 4.69) is 37.4 Å². The van der Waals surface area contributed by atoms with Crippen molar-refractivity contribution in [2.45, 2.75) is 77.8 Å². The molecular weight excluding hydrogens is 258 g/mol. The van der Waals surface area contributed by atoms with E-state index in [9.17, 15) is 0 Å². The van der Waals surface area contributed by atoms with Crippen molar-refractivity contribution in [3.05, 3.63) is 29.8 Å². The average Bonchev–Trinajstić information content (AvgIpc) is 2.52. The Morgan fingerprint density at radius 3 is 2.24 bits per heavy atom. The van der Waals surface area contributed by atoms with Crippen molar-refractivity contribution in [3.8, 4) is 5.75 Å². The predicted octanol–water partition coefficient (Wildman–Crippen LogP) is 5.31. The van der Waals surface area contributed by atoms with Gasteiger partial charge in [0, 0.05) is 12.6 Å². The van der Waals surface area contributed by atoms with Crippen LogP contribution in [0.25, 0.3) is 0 Å². The van der Waals surface area contributed by atoms with Crippen molar-refractivity contribution < 1.29 is 4.74 Å². The molecule has 1 N–H and O–H groups in total. The number of unbranched alkanes of at least 4 members (excludes halogenated alkanes) is 4. The third-order valence-corrected chi connectivity index (χ3v) is 4.04. The van der Waals surface area contributed by atoms with E-state index in [0.29, 0.717) is 6.04 Å². The van der Waals surface area contributed by atoms with Crippen molar-refractivity contribution in [1.29, 1.82) is 0 Å². The molecule has 120 valence electrons. The molecule has 1 aromatic carbocycles. The highest BCUT2D eigenvalue weighted by Crippen LogP contribution is 2.15. The molecule has 0 radical (unpaired) electrons. The lowest BCUT2D eigenvalue weighted by Gasteiger charge is -2.19. The molecule has 0 amide bonds. The van der Waals surface area contributed by atoms with Crippen LogP contribution in [0.4, 0.5) is 0 Å². The second kappa shape index (κ2) is 11.6. The van der Waals surface area contributed by atoms with Gasteiger partial charge in [-0.15, -0.1) is 0 Å². The fourth-order valence-corrected chi connectivity index (χ4v) is 2.67. The van der Waals surface area contributed by atoms with E-state index in [4.69, 9.17) is 4.74 Å². The van der Waals surface area contributed by atoms with Crippen LogP contribution in [0.15, 0.2) is 24.3 Å². The highest BCUT2D eigenvalue weighted by atomic mass is 16.5. The number of rotatable bonds is 12. The van der Waals surface area contributed by atoms with E-state index in [1.54, 1.807) is 7.11 Å². The number of hydrogen-bond donors (Lipinski definition) is 1. The van der Waals surface area contributed by atoms with Crippen molar-refractivity contribution in [2.24, 2.45) is 0 Å². The minimum atomic E-state index is 0.661. The van der Waals surface area contributed by atoms with E-state index in [0.717, 1.165) is 12.3 Å². The molecule has 0 unspecified atom stereocenters. The molecule has 0 aliphatic carbocycles. The zero-order valence-electron chi connectivity index (χ0n) is 14.2. The smallest absolute Gasteiger partial charge is 0.119 e. The van der Waals surface area contributed by atoms with E-state index in [1.807, 2.05) is 6.07 Å². The maximum Gasteiger partial charge on any atom is 0.119 e. The van der Waals surface area contributed by atoms with E-state index >= 15 is 0 Å². The minimum Gasteiger partial charge on any atom is -0.497 e. The van der Waals surface area contributed by atoms with Gasteiger partial charge in [-0.1, -0.05) is 64.5 Å². The SMILES string of the molecule is CCCCCC(CCCCC)NCc1cccc(OC)c1. The summed E-state index contributed by atoms with van der Waals surface area (Å²) in [6.45, 7) is 5.49. The largest absolute Gasteiger partial charge is 0.497 e. The standard InChI is InChI=1S/C19H33NO/c1-4-6-8-12-18(13-9-7-5-2)20-16-17-11-10-14-19(15-17)21-3/h10-11,14-15,18,20H,4-9,12-13,16H2,1-3H3. The Morgan fingerprint density at radius 2 is 1.67 bits per heavy atom. The van der Waals surface area contributed by atoms with Gasteiger partial charge in [0.1, 0.15) is 5.75 Å². The number of methoxy groups -OCH3 is 1. The van der Waals surface area contributed by atoms with Gasteiger partial charge in [-0.3, -0.25) is 0 Å². The summed E-state index contributed by atoms with van der Waals surface area (Å²) < 4.78 is 5.29. The molecule has 21 heavy (non-hydrogen) atoms. The summed E-state index contributed by atoms with van der Waals surface area (Å²) in [6.07, 6.45) is 10.6. The molecule has 0 bridgehead atoms. The highest BCUT2D eigenvalue weighted by Gasteiger charge is 2.08. The van der Waals surface area contributed by atoms with Gasteiger partial charge < -0.3 is 10.1 Å². The number of ether oxygens (including phenoxy) is 1. The molecule has 0 aromatic heterocycles. The van der Waals surface area contributed by atoms with E-state index in [-0.39, 0.29) is 0 Å². The molecule has 1 aromatic rings. The van der Waals surface area contributed by atoms with Gasteiger partial charge in [0.15, 0.2) is 0 Å². The van der Waals surface area contributed by atoms with Crippen LogP contribution in [0.2, 0.25) is 0 Å². The third-order valence-electron chi connectivity index (χ3n) is 4.04. The van der Waals surface area contributed by atoms with Crippen LogP contribution in [0.3, 0.4) is 0 Å². The third kappa shape index (κ3) is 8.11. The summed E-state index contributed by atoms with van der Waals surface area (Å²) in [5, 5.41) is 3.75. The number of hydrogen-bond acceptors (Lipinski definition) is 2. The van der Waals surface area contributed by atoms with E-state index < -0.39 is 0 Å². The molecule has 0 heterocycles. The second-order valence-corrected chi connectivity index (χ2v) is 5.92. The van der Waals surface area contributed by atoms with Crippen LogP contribution in [0.5, 0.6) is 5.75 Å². The molecular formula is C19H33NO. The lowest BCUT2D eigenvalue weighted by Crippen LogP contribution is -2.28. The Morgan fingerprint density at radius 1 is 1.00 bits per heavy atom. The fraction of sp³-hybridized carbons (Fsp3) is 0.684. The van der Waals surface area contributed by atoms with Crippen molar-refractivity contribution in [1.82, 2.24) is 5.32 Å². The quantitative estimate of drug-likeness (QED) is 0.527. The molecule has 1 rings (SSSR count). The van der Waals surface area contributed by atoms with Gasteiger partial charge in [-0.25, -0.2) is 0 Å². The Labute approximate surface area is 131 Å². The monoisotopic (exact) mass is 291 g/mol. The molecule has 0 fully saturated rings. The van der Waals surface area contributed by atoms with Crippen molar-refractivity contribution in [3.63, 3.8) is 0 Å². The topological polar surface area (TPSA) is 21.3 Å². The van der Waals surface area contributed by atoms with E-state index in [1.165, 1.54) is 56.9 Å². The van der Waals surface area contributed by atoms with Gasteiger partial charge in [0.25, 0.3) is 0 Å². The number of nitrogens with one attached hydrogen (secondary N) is 1. The minimum absolute atomic E-state index is 0.661. The maximum absolute atomic E-state index is 5.29. The highest BCUT2D eigenvalue weighted by molar-refractivity contribution is 5.28. The summed E-state index contributed by atoms with van der Waals surface area (Å²) in [5.41, 5.74) is 1.31. The predicted molar refractivity (Wildman–Crippen MR) is 91.9 cm³/mol.